The van der Waals surface area contributed by atoms with Gasteiger partial charge in [0.15, 0.2) is 0 Å². The van der Waals surface area contributed by atoms with E-state index in [1.165, 1.54) is 4.88 Å². The zero-order chi connectivity index (χ0) is 12.7. The zero-order valence-corrected chi connectivity index (χ0v) is 11.2. The molecule has 94 valence electrons. The molecule has 0 aromatic carbocycles. The van der Waals surface area contributed by atoms with Gasteiger partial charge in [0, 0.05) is 23.0 Å². The number of esters is 1. The molecule has 0 aliphatic rings. The van der Waals surface area contributed by atoms with E-state index in [1.807, 2.05) is 6.07 Å². The van der Waals surface area contributed by atoms with E-state index in [4.69, 9.17) is 4.74 Å². The van der Waals surface area contributed by atoms with Crippen LogP contribution in [0.25, 0.3) is 0 Å². The fourth-order valence-electron chi connectivity index (χ4n) is 1.41. The Morgan fingerprint density at radius 3 is 3.00 bits per heavy atom. The largest absolute Gasteiger partial charge is 0.463 e. The highest BCUT2D eigenvalue weighted by atomic mass is 32.1. The van der Waals surface area contributed by atoms with Crippen LogP contribution in [-0.4, -0.2) is 25.2 Å². The molecular weight excluding hydrogens is 234 g/mol. The summed E-state index contributed by atoms with van der Waals surface area (Å²) in [6, 6.07) is 4.48. The summed E-state index contributed by atoms with van der Waals surface area (Å²) in [7, 11) is 0. The fraction of sp³-hybridized carbons (Fsp3) is 0.462. The molecule has 0 aliphatic heterocycles. The van der Waals surface area contributed by atoms with Crippen LogP contribution in [0.5, 0.6) is 0 Å². The Hall–Kier alpha value is -1.13. The van der Waals surface area contributed by atoms with Gasteiger partial charge in [-0.25, -0.2) is 4.79 Å². The van der Waals surface area contributed by atoms with Gasteiger partial charge in [-0.2, -0.15) is 0 Å². The smallest absolute Gasteiger partial charge is 0.334 e. The summed E-state index contributed by atoms with van der Waals surface area (Å²) in [5, 5.41) is 5.34. The predicted molar refractivity (Wildman–Crippen MR) is 71.3 cm³/mol. The van der Waals surface area contributed by atoms with Gasteiger partial charge >= 0.3 is 5.97 Å². The lowest BCUT2D eigenvalue weighted by atomic mass is 10.2. The van der Waals surface area contributed by atoms with E-state index in [-0.39, 0.29) is 5.97 Å². The maximum absolute atomic E-state index is 11.3. The van der Waals surface area contributed by atoms with Crippen LogP contribution in [0.15, 0.2) is 29.7 Å². The summed E-state index contributed by atoms with van der Waals surface area (Å²) >= 11 is 1.75. The van der Waals surface area contributed by atoms with Crippen molar-refractivity contribution in [2.45, 2.75) is 26.3 Å². The number of thiophene rings is 1. The van der Waals surface area contributed by atoms with Gasteiger partial charge in [0.2, 0.25) is 0 Å². The van der Waals surface area contributed by atoms with Crippen LogP contribution in [0.3, 0.4) is 0 Å². The van der Waals surface area contributed by atoms with Crippen LogP contribution in [0.4, 0.5) is 0 Å². The van der Waals surface area contributed by atoms with E-state index in [2.05, 4.69) is 30.3 Å². The van der Waals surface area contributed by atoms with E-state index in [9.17, 15) is 4.79 Å². The Labute approximate surface area is 106 Å². The fourth-order valence-corrected chi connectivity index (χ4v) is 2.24. The molecule has 0 bridgehead atoms. The maximum Gasteiger partial charge on any atom is 0.334 e. The third kappa shape index (κ3) is 5.15. The summed E-state index contributed by atoms with van der Waals surface area (Å²) in [6.45, 7) is 8.46. The van der Waals surface area contributed by atoms with Gasteiger partial charge < -0.3 is 10.1 Å². The molecule has 0 saturated carbocycles. The van der Waals surface area contributed by atoms with E-state index >= 15 is 0 Å². The predicted octanol–water partition coefficient (Wildman–Crippen LogP) is 2.39. The summed E-state index contributed by atoms with van der Waals surface area (Å²) < 4.78 is 4.87. The molecule has 1 heterocycles. The van der Waals surface area contributed by atoms with Crippen molar-refractivity contribution in [1.82, 2.24) is 5.32 Å². The van der Waals surface area contributed by atoms with Gasteiger partial charge in [0.25, 0.3) is 0 Å². The van der Waals surface area contributed by atoms with E-state index in [0.29, 0.717) is 24.8 Å². The van der Waals surface area contributed by atoms with Gasteiger partial charge in [-0.3, -0.25) is 0 Å². The number of rotatable bonds is 7. The molecule has 1 atom stereocenters. The van der Waals surface area contributed by atoms with Crippen molar-refractivity contribution in [2.75, 3.05) is 13.2 Å². The molecule has 1 aromatic rings. The lowest BCUT2D eigenvalue weighted by molar-refractivity contribution is -0.138. The second-order valence-corrected chi connectivity index (χ2v) is 4.92. The van der Waals surface area contributed by atoms with Gasteiger partial charge in [-0.15, -0.1) is 11.3 Å². The summed E-state index contributed by atoms with van der Waals surface area (Å²) in [5.41, 5.74) is 0.477. The van der Waals surface area contributed by atoms with Crippen LogP contribution < -0.4 is 5.32 Å². The Bertz CT molecular complexity index is 360. The van der Waals surface area contributed by atoms with E-state index < -0.39 is 0 Å². The number of ether oxygens (including phenoxy) is 1. The monoisotopic (exact) mass is 253 g/mol. The van der Waals surface area contributed by atoms with Crippen molar-refractivity contribution in [3.63, 3.8) is 0 Å². The molecule has 0 fully saturated rings. The highest BCUT2D eigenvalue weighted by Gasteiger charge is 2.09. The molecule has 17 heavy (non-hydrogen) atoms. The van der Waals surface area contributed by atoms with Gasteiger partial charge in [-0.1, -0.05) is 12.6 Å². The molecule has 0 saturated heterocycles. The van der Waals surface area contributed by atoms with Crippen molar-refractivity contribution in [3.8, 4) is 0 Å². The number of hydrogen-bond donors (Lipinski definition) is 1. The van der Waals surface area contributed by atoms with Crippen LogP contribution in [0.1, 0.15) is 18.7 Å². The second-order valence-electron chi connectivity index (χ2n) is 3.89. The standard InChI is InChI=1S/C13H19NO2S/c1-4-16-13(15)10(2)9-14-11(3)8-12-6-5-7-17-12/h5-7,11,14H,2,4,8-9H2,1,3H3. The minimum Gasteiger partial charge on any atom is -0.463 e. The molecule has 3 nitrogen and oxygen atoms in total. The van der Waals surface area contributed by atoms with Gasteiger partial charge in [0.05, 0.1) is 6.61 Å². The first kappa shape index (κ1) is 13.9. The second kappa shape index (κ2) is 7.25. The summed E-state index contributed by atoms with van der Waals surface area (Å²) in [6.07, 6.45) is 0.966. The van der Waals surface area contributed by atoms with Crippen LogP contribution in [-0.2, 0) is 16.0 Å². The first-order chi connectivity index (χ1) is 8.13. The average Bonchev–Trinajstić information content (AvgIpc) is 2.79. The van der Waals surface area contributed by atoms with Crippen molar-refractivity contribution in [3.05, 3.63) is 34.5 Å². The van der Waals surface area contributed by atoms with Crippen molar-refractivity contribution in [1.29, 1.82) is 0 Å². The topological polar surface area (TPSA) is 38.3 Å². The SMILES string of the molecule is C=C(CNC(C)Cc1cccs1)C(=O)OCC. The van der Waals surface area contributed by atoms with Gasteiger partial charge in [0.1, 0.15) is 0 Å². The number of nitrogens with one attached hydrogen (secondary N) is 1. The molecule has 0 spiro atoms. The number of carbonyl (C=O) groups is 1. The molecule has 1 rings (SSSR count). The van der Waals surface area contributed by atoms with Crippen LogP contribution in [0, 0.1) is 0 Å². The molecule has 1 aromatic heterocycles. The van der Waals surface area contributed by atoms with Crippen LogP contribution >= 0.6 is 11.3 Å². The molecule has 4 heteroatoms. The molecule has 1 N–H and O–H groups in total. The first-order valence-corrected chi connectivity index (χ1v) is 6.62. The third-order valence-corrected chi connectivity index (χ3v) is 3.21. The third-order valence-electron chi connectivity index (χ3n) is 2.32. The zero-order valence-electron chi connectivity index (χ0n) is 10.4. The molecule has 1 unspecified atom stereocenters. The Morgan fingerprint density at radius 1 is 1.65 bits per heavy atom. The van der Waals surface area contributed by atoms with Crippen molar-refractivity contribution in [2.24, 2.45) is 0 Å². The van der Waals surface area contributed by atoms with E-state index in [0.717, 1.165) is 6.42 Å². The Morgan fingerprint density at radius 2 is 2.41 bits per heavy atom. The molecule has 0 amide bonds. The first-order valence-electron chi connectivity index (χ1n) is 5.74. The lowest BCUT2D eigenvalue weighted by Gasteiger charge is -2.13. The average molecular weight is 253 g/mol. The normalized spacial score (nSPS) is 12.1. The quantitative estimate of drug-likeness (QED) is 0.599. The van der Waals surface area contributed by atoms with E-state index in [1.54, 1.807) is 18.3 Å². The highest BCUT2D eigenvalue weighted by molar-refractivity contribution is 7.09. The number of carbonyl (C=O) groups excluding carboxylic acids is 1. The minimum absolute atomic E-state index is 0.316. The van der Waals surface area contributed by atoms with Gasteiger partial charge in [-0.05, 0) is 31.7 Å². The minimum atomic E-state index is -0.316. The Kier molecular flexibility index (Phi) is 5.94. The summed E-state index contributed by atoms with van der Waals surface area (Å²) in [5.74, 6) is -0.316. The van der Waals surface area contributed by atoms with Crippen molar-refractivity contribution < 1.29 is 9.53 Å². The molecule has 0 aliphatic carbocycles. The molecular formula is C13H19NO2S. The summed E-state index contributed by atoms with van der Waals surface area (Å²) in [4.78, 5) is 12.7. The van der Waals surface area contributed by atoms with Crippen LogP contribution in [0.2, 0.25) is 0 Å². The Balaban J connectivity index is 2.26. The highest BCUT2D eigenvalue weighted by Crippen LogP contribution is 2.10. The lowest BCUT2D eigenvalue weighted by Crippen LogP contribution is -2.31. The number of hydrogen-bond acceptors (Lipinski definition) is 4. The molecule has 0 radical (unpaired) electrons. The maximum atomic E-state index is 11.3. The van der Waals surface area contributed by atoms with Crippen molar-refractivity contribution >= 4 is 17.3 Å².